The van der Waals surface area contributed by atoms with Gasteiger partial charge in [-0.1, -0.05) is 54.6 Å². The molecule has 2 aromatic rings. The third-order valence-electron chi connectivity index (χ3n) is 3.44. The van der Waals surface area contributed by atoms with Gasteiger partial charge in [0.05, 0.1) is 0 Å². The highest BCUT2D eigenvalue weighted by Gasteiger charge is 2.27. The SMILES string of the molecule is C=CCN(CC=C)C(C(=O)O)c1cccc2ccccc12. The molecule has 0 fully saturated rings. The van der Waals surface area contributed by atoms with Crippen molar-refractivity contribution in [2.45, 2.75) is 6.04 Å². The Balaban J connectivity index is 2.56. The summed E-state index contributed by atoms with van der Waals surface area (Å²) in [5, 5.41) is 11.7. The topological polar surface area (TPSA) is 40.5 Å². The summed E-state index contributed by atoms with van der Waals surface area (Å²) >= 11 is 0. The van der Waals surface area contributed by atoms with Crippen LogP contribution in [0.5, 0.6) is 0 Å². The van der Waals surface area contributed by atoms with Crippen LogP contribution in [0.4, 0.5) is 0 Å². The van der Waals surface area contributed by atoms with E-state index in [0.29, 0.717) is 13.1 Å². The molecule has 1 N–H and O–H groups in total. The van der Waals surface area contributed by atoms with Crippen molar-refractivity contribution in [1.82, 2.24) is 4.90 Å². The molecule has 1 atom stereocenters. The summed E-state index contributed by atoms with van der Waals surface area (Å²) < 4.78 is 0. The zero-order valence-electron chi connectivity index (χ0n) is 11.9. The maximum absolute atomic E-state index is 11.8. The summed E-state index contributed by atoms with van der Waals surface area (Å²) in [4.78, 5) is 13.7. The van der Waals surface area contributed by atoms with Crippen LogP contribution >= 0.6 is 0 Å². The third kappa shape index (κ3) is 3.20. The van der Waals surface area contributed by atoms with Crippen molar-refractivity contribution in [3.05, 3.63) is 73.3 Å². The van der Waals surface area contributed by atoms with Crippen molar-refractivity contribution < 1.29 is 9.90 Å². The fourth-order valence-corrected chi connectivity index (χ4v) is 2.59. The first kappa shape index (κ1) is 15.0. The second-order valence-electron chi connectivity index (χ2n) is 4.84. The summed E-state index contributed by atoms with van der Waals surface area (Å²) in [5.41, 5.74) is 0.796. The quantitative estimate of drug-likeness (QED) is 0.788. The molecule has 0 saturated heterocycles. The lowest BCUT2D eigenvalue weighted by Gasteiger charge is -2.27. The van der Waals surface area contributed by atoms with E-state index in [4.69, 9.17) is 0 Å². The predicted octanol–water partition coefficient (Wildman–Crippen LogP) is 3.64. The van der Waals surface area contributed by atoms with Gasteiger partial charge in [0, 0.05) is 13.1 Å². The molecule has 0 spiro atoms. The Morgan fingerprint density at radius 1 is 1.10 bits per heavy atom. The lowest BCUT2D eigenvalue weighted by Crippen LogP contribution is -2.34. The van der Waals surface area contributed by atoms with Crippen molar-refractivity contribution in [2.75, 3.05) is 13.1 Å². The molecule has 3 nitrogen and oxygen atoms in total. The highest BCUT2D eigenvalue weighted by Crippen LogP contribution is 2.28. The summed E-state index contributed by atoms with van der Waals surface area (Å²) in [6, 6.07) is 12.9. The number of carbonyl (C=O) groups is 1. The van der Waals surface area contributed by atoms with Gasteiger partial charge in [-0.3, -0.25) is 9.69 Å². The molecule has 21 heavy (non-hydrogen) atoms. The smallest absolute Gasteiger partial charge is 0.325 e. The number of fused-ring (bicyclic) bond motifs is 1. The normalized spacial score (nSPS) is 12.2. The summed E-state index contributed by atoms with van der Waals surface area (Å²) in [6.45, 7) is 8.41. The molecule has 1 unspecified atom stereocenters. The fraction of sp³-hybridized carbons (Fsp3) is 0.167. The summed E-state index contributed by atoms with van der Waals surface area (Å²) in [5.74, 6) is -0.866. The average Bonchev–Trinajstić information content (AvgIpc) is 2.48. The molecule has 0 radical (unpaired) electrons. The lowest BCUT2D eigenvalue weighted by molar-refractivity contribution is -0.143. The molecule has 0 aromatic heterocycles. The minimum atomic E-state index is -0.866. The van der Waals surface area contributed by atoms with E-state index in [2.05, 4.69) is 13.2 Å². The maximum atomic E-state index is 11.8. The monoisotopic (exact) mass is 281 g/mol. The average molecular weight is 281 g/mol. The van der Waals surface area contributed by atoms with Crippen LogP contribution in [-0.2, 0) is 4.79 Å². The molecule has 108 valence electrons. The van der Waals surface area contributed by atoms with Crippen molar-refractivity contribution in [3.63, 3.8) is 0 Å². The van der Waals surface area contributed by atoms with E-state index >= 15 is 0 Å². The van der Waals surface area contributed by atoms with E-state index in [0.717, 1.165) is 16.3 Å². The summed E-state index contributed by atoms with van der Waals surface area (Å²) in [6.07, 6.45) is 3.43. The van der Waals surface area contributed by atoms with Gasteiger partial charge in [0.1, 0.15) is 6.04 Å². The third-order valence-corrected chi connectivity index (χ3v) is 3.44. The molecule has 0 aliphatic heterocycles. The zero-order valence-corrected chi connectivity index (χ0v) is 11.9. The van der Waals surface area contributed by atoms with Gasteiger partial charge in [0.15, 0.2) is 0 Å². The second kappa shape index (κ2) is 6.86. The molecule has 3 heteroatoms. The van der Waals surface area contributed by atoms with Crippen molar-refractivity contribution in [3.8, 4) is 0 Å². The molecule has 0 saturated carbocycles. The van der Waals surface area contributed by atoms with E-state index in [9.17, 15) is 9.90 Å². The van der Waals surface area contributed by atoms with Gasteiger partial charge < -0.3 is 5.11 Å². The molecule has 0 amide bonds. The number of nitrogens with zero attached hydrogens (tertiary/aromatic N) is 1. The van der Waals surface area contributed by atoms with Crippen LogP contribution in [0.2, 0.25) is 0 Å². The van der Waals surface area contributed by atoms with Crippen molar-refractivity contribution >= 4 is 16.7 Å². The minimum Gasteiger partial charge on any atom is -0.480 e. The van der Waals surface area contributed by atoms with Gasteiger partial charge in [-0.2, -0.15) is 0 Å². The number of rotatable bonds is 7. The number of hydrogen-bond donors (Lipinski definition) is 1. The lowest BCUT2D eigenvalue weighted by atomic mass is 9.97. The van der Waals surface area contributed by atoms with Crippen LogP contribution in [0.1, 0.15) is 11.6 Å². The second-order valence-corrected chi connectivity index (χ2v) is 4.84. The van der Waals surface area contributed by atoms with Gasteiger partial charge >= 0.3 is 5.97 Å². The highest BCUT2D eigenvalue weighted by atomic mass is 16.4. The molecule has 2 rings (SSSR count). The minimum absolute atomic E-state index is 0.492. The first-order valence-electron chi connectivity index (χ1n) is 6.85. The number of benzene rings is 2. The Morgan fingerprint density at radius 3 is 2.33 bits per heavy atom. The van der Waals surface area contributed by atoms with Gasteiger partial charge in [0.25, 0.3) is 0 Å². The van der Waals surface area contributed by atoms with Gasteiger partial charge in [0.2, 0.25) is 0 Å². The number of carboxylic acids is 1. The van der Waals surface area contributed by atoms with Crippen molar-refractivity contribution in [1.29, 1.82) is 0 Å². The van der Waals surface area contributed by atoms with E-state index in [1.807, 2.05) is 47.4 Å². The van der Waals surface area contributed by atoms with Gasteiger partial charge in [-0.05, 0) is 16.3 Å². The van der Waals surface area contributed by atoms with Crippen LogP contribution in [0.3, 0.4) is 0 Å². The van der Waals surface area contributed by atoms with Gasteiger partial charge in [-0.15, -0.1) is 13.2 Å². The first-order valence-corrected chi connectivity index (χ1v) is 6.85. The summed E-state index contributed by atoms with van der Waals surface area (Å²) in [7, 11) is 0. The van der Waals surface area contributed by atoms with Crippen LogP contribution in [0.15, 0.2) is 67.8 Å². The standard InChI is InChI=1S/C18H19NO2/c1-3-12-19(13-4-2)17(18(20)21)16-11-7-9-14-8-5-6-10-15(14)16/h3-11,17H,1-2,12-13H2,(H,20,21). The molecular weight excluding hydrogens is 262 g/mol. The number of aliphatic carboxylic acids is 1. The fourth-order valence-electron chi connectivity index (χ4n) is 2.59. The largest absolute Gasteiger partial charge is 0.480 e. The Morgan fingerprint density at radius 2 is 1.71 bits per heavy atom. The molecule has 0 heterocycles. The van der Waals surface area contributed by atoms with Crippen molar-refractivity contribution in [2.24, 2.45) is 0 Å². The highest BCUT2D eigenvalue weighted by molar-refractivity contribution is 5.90. The van der Waals surface area contributed by atoms with E-state index in [-0.39, 0.29) is 0 Å². The van der Waals surface area contributed by atoms with E-state index in [1.165, 1.54) is 0 Å². The number of hydrogen-bond acceptors (Lipinski definition) is 2. The molecular formula is C18H19NO2. The first-order chi connectivity index (χ1) is 10.2. The zero-order chi connectivity index (χ0) is 15.2. The molecule has 2 aromatic carbocycles. The van der Waals surface area contributed by atoms with Crippen LogP contribution in [-0.4, -0.2) is 29.1 Å². The Bertz CT molecular complexity index is 648. The van der Waals surface area contributed by atoms with Crippen LogP contribution in [0, 0.1) is 0 Å². The van der Waals surface area contributed by atoms with E-state index < -0.39 is 12.0 Å². The van der Waals surface area contributed by atoms with Crippen LogP contribution < -0.4 is 0 Å². The number of carboxylic acid groups (broad SMARTS) is 1. The molecule has 0 aliphatic carbocycles. The maximum Gasteiger partial charge on any atom is 0.325 e. The van der Waals surface area contributed by atoms with E-state index in [1.54, 1.807) is 12.2 Å². The molecule has 0 aliphatic rings. The Labute approximate surface area is 124 Å². The van der Waals surface area contributed by atoms with Crippen LogP contribution in [0.25, 0.3) is 10.8 Å². The Hall–Kier alpha value is -2.39. The van der Waals surface area contributed by atoms with Gasteiger partial charge in [-0.25, -0.2) is 0 Å². The molecule has 0 bridgehead atoms. The predicted molar refractivity (Wildman–Crippen MR) is 86.3 cm³/mol. The Kier molecular flexibility index (Phi) is 4.90.